The Hall–Kier alpha value is -3.12. The molecule has 7 heteroatoms. The first-order valence-corrected chi connectivity index (χ1v) is 9.12. The number of hydrogen-bond acceptors (Lipinski definition) is 3. The van der Waals surface area contributed by atoms with E-state index in [1.165, 1.54) is 4.57 Å². The Kier molecular flexibility index (Phi) is 5.51. The Labute approximate surface area is 166 Å². The van der Waals surface area contributed by atoms with Gasteiger partial charge < -0.3 is 15.0 Å². The van der Waals surface area contributed by atoms with Crippen LogP contribution in [0.4, 0.5) is 0 Å². The fourth-order valence-electron chi connectivity index (χ4n) is 3.02. The van der Waals surface area contributed by atoms with Crippen LogP contribution in [-0.2, 0) is 11.3 Å². The maximum Gasteiger partial charge on any atom is 0.353 e. The number of aromatic carboxylic acids is 1. The molecule has 0 bridgehead atoms. The van der Waals surface area contributed by atoms with Gasteiger partial charge in [-0.1, -0.05) is 43.6 Å². The Morgan fingerprint density at radius 1 is 1.14 bits per heavy atom. The van der Waals surface area contributed by atoms with E-state index in [1.807, 2.05) is 6.07 Å². The van der Waals surface area contributed by atoms with Crippen molar-refractivity contribution in [2.24, 2.45) is 5.92 Å². The molecule has 1 heterocycles. The number of carbonyl (C=O) groups excluding carboxylic acids is 1. The van der Waals surface area contributed by atoms with Gasteiger partial charge in [0.25, 0.3) is 0 Å². The molecule has 0 aliphatic carbocycles. The molecule has 0 spiro atoms. The molecule has 0 radical (unpaired) electrons. The van der Waals surface area contributed by atoms with Gasteiger partial charge in [-0.3, -0.25) is 9.59 Å². The van der Waals surface area contributed by atoms with E-state index < -0.39 is 11.4 Å². The normalized spacial score (nSPS) is 11.0. The van der Waals surface area contributed by atoms with E-state index in [0.29, 0.717) is 21.6 Å². The lowest BCUT2D eigenvalue weighted by molar-refractivity contribution is -0.124. The van der Waals surface area contributed by atoms with Crippen LogP contribution in [0.15, 0.2) is 53.3 Å². The lowest BCUT2D eigenvalue weighted by Crippen LogP contribution is -2.32. The third-order valence-corrected chi connectivity index (χ3v) is 4.64. The molecular weight excluding hydrogens is 380 g/mol. The average Bonchev–Trinajstić information content (AvgIpc) is 2.66. The van der Waals surface area contributed by atoms with Crippen molar-refractivity contribution in [2.75, 3.05) is 0 Å². The van der Waals surface area contributed by atoms with Crippen molar-refractivity contribution < 1.29 is 14.7 Å². The number of rotatable bonds is 5. The molecule has 0 fully saturated rings. The minimum atomic E-state index is -1.27. The molecule has 0 atom stereocenters. The zero-order valence-electron chi connectivity index (χ0n) is 15.4. The van der Waals surface area contributed by atoms with Gasteiger partial charge >= 0.3 is 5.97 Å². The fourth-order valence-corrected chi connectivity index (χ4v) is 3.19. The smallest absolute Gasteiger partial charge is 0.353 e. The summed E-state index contributed by atoms with van der Waals surface area (Å²) in [5, 5.41) is 13.3. The summed E-state index contributed by atoms with van der Waals surface area (Å²) < 4.78 is 1.49. The minimum absolute atomic E-state index is 0.0141. The predicted molar refractivity (Wildman–Crippen MR) is 108 cm³/mol. The number of halogens is 1. The molecule has 28 heavy (non-hydrogen) atoms. The number of hydrogen-bond donors (Lipinski definition) is 2. The number of benzene rings is 2. The van der Waals surface area contributed by atoms with Crippen LogP contribution in [0.5, 0.6) is 0 Å². The van der Waals surface area contributed by atoms with Gasteiger partial charge in [0.15, 0.2) is 5.43 Å². The van der Waals surface area contributed by atoms with E-state index in [4.69, 9.17) is 11.6 Å². The number of pyridine rings is 1. The second kappa shape index (κ2) is 7.86. The Bertz CT molecular complexity index is 1120. The first-order valence-electron chi connectivity index (χ1n) is 8.74. The van der Waals surface area contributed by atoms with E-state index in [-0.39, 0.29) is 29.6 Å². The number of nitrogens with one attached hydrogen (secondary N) is 1. The van der Waals surface area contributed by atoms with Gasteiger partial charge in [-0.15, -0.1) is 0 Å². The standard InChI is InChI=1S/C21H19ClN2O4/c1-12(2)20(26)23-11-16-18(21(27)28)24(14-6-4-3-5-7-14)17-10-13(22)8-9-15(17)19(16)25/h3-10,12H,11H2,1-2H3,(H,23,26)(H,27,28). The second-order valence-corrected chi connectivity index (χ2v) is 7.10. The van der Waals surface area contributed by atoms with Crippen molar-refractivity contribution in [3.63, 3.8) is 0 Å². The number of para-hydroxylation sites is 1. The number of nitrogens with zero attached hydrogens (tertiary/aromatic N) is 1. The molecule has 3 rings (SSSR count). The number of amides is 1. The maximum absolute atomic E-state index is 13.1. The summed E-state index contributed by atoms with van der Waals surface area (Å²) in [4.78, 5) is 37.2. The van der Waals surface area contributed by atoms with E-state index in [1.54, 1.807) is 56.3 Å². The molecule has 0 unspecified atom stereocenters. The van der Waals surface area contributed by atoms with Crippen LogP contribution >= 0.6 is 11.6 Å². The number of carbonyl (C=O) groups is 2. The van der Waals surface area contributed by atoms with Crippen molar-refractivity contribution in [1.82, 2.24) is 9.88 Å². The molecule has 2 aromatic carbocycles. The van der Waals surface area contributed by atoms with E-state index in [9.17, 15) is 19.5 Å². The summed E-state index contributed by atoms with van der Waals surface area (Å²) in [6.07, 6.45) is 0. The van der Waals surface area contributed by atoms with Crippen molar-refractivity contribution in [3.05, 3.63) is 75.0 Å². The van der Waals surface area contributed by atoms with Crippen LogP contribution in [0.2, 0.25) is 5.02 Å². The van der Waals surface area contributed by atoms with Gasteiger partial charge in [-0.05, 0) is 30.3 Å². The van der Waals surface area contributed by atoms with E-state index in [0.717, 1.165) is 0 Å². The van der Waals surface area contributed by atoms with Crippen molar-refractivity contribution in [1.29, 1.82) is 0 Å². The summed E-state index contributed by atoms with van der Waals surface area (Å²) in [7, 11) is 0. The first-order chi connectivity index (χ1) is 13.3. The number of fused-ring (bicyclic) bond motifs is 1. The quantitative estimate of drug-likeness (QED) is 0.687. The largest absolute Gasteiger partial charge is 0.477 e. The number of aromatic nitrogens is 1. The third kappa shape index (κ3) is 3.64. The molecule has 6 nitrogen and oxygen atoms in total. The molecule has 0 saturated heterocycles. The summed E-state index contributed by atoms with van der Waals surface area (Å²) in [5.41, 5.74) is 0.333. The molecule has 1 aromatic heterocycles. The molecular formula is C21H19ClN2O4. The van der Waals surface area contributed by atoms with Crippen LogP contribution in [0, 0.1) is 5.92 Å². The van der Waals surface area contributed by atoms with Gasteiger partial charge in [0.05, 0.1) is 11.1 Å². The van der Waals surface area contributed by atoms with Crippen molar-refractivity contribution in [3.8, 4) is 5.69 Å². The Morgan fingerprint density at radius 3 is 2.43 bits per heavy atom. The third-order valence-electron chi connectivity index (χ3n) is 4.41. The van der Waals surface area contributed by atoms with Crippen LogP contribution in [0.3, 0.4) is 0 Å². The SMILES string of the molecule is CC(C)C(=O)NCc1c(C(=O)O)n(-c2ccccc2)c2cc(Cl)ccc2c1=O. The molecule has 144 valence electrons. The average molecular weight is 399 g/mol. The fraction of sp³-hybridized carbons (Fsp3) is 0.190. The van der Waals surface area contributed by atoms with Gasteiger partial charge in [0, 0.05) is 28.6 Å². The molecule has 0 aliphatic rings. The van der Waals surface area contributed by atoms with E-state index >= 15 is 0 Å². The zero-order chi connectivity index (χ0) is 20.4. The molecule has 0 aliphatic heterocycles. The highest BCUT2D eigenvalue weighted by atomic mass is 35.5. The van der Waals surface area contributed by atoms with E-state index in [2.05, 4.69) is 5.32 Å². The highest BCUT2D eigenvalue weighted by molar-refractivity contribution is 6.31. The van der Waals surface area contributed by atoms with Crippen molar-refractivity contribution >= 4 is 34.4 Å². The number of carboxylic acid groups (broad SMARTS) is 1. The molecule has 2 N–H and O–H groups in total. The van der Waals surface area contributed by atoms with Crippen LogP contribution in [0.1, 0.15) is 29.9 Å². The van der Waals surface area contributed by atoms with Crippen molar-refractivity contribution in [2.45, 2.75) is 20.4 Å². The highest BCUT2D eigenvalue weighted by Gasteiger charge is 2.23. The van der Waals surface area contributed by atoms with Gasteiger partial charge in [0.2, 0.25) is 5.91 Å². The summed E-state index contributed by atoms with van der Waals surface area (Å²) in [6, 6.07) is 13.6. The topological polar surface area (TPSA) is 88.4 Å². The molecule has 1 amide bonds. The lowest BCUT2D eigenvalue weighted by atomic mass is 10.1. The zero-order valence-corrected chi connectivity index (χ0v) is 16.2. The highest BCUT2D eigenvalue weighted by Crippen LogP contribution is 2.25. The van der Waals surface area contributed by atoms with Crippen LogP contribution < -0.4 is 10.7 Å². The van der Waals surface area contributed by atoms with Crippen LogP contribution in [0.25, 0.3) is 16.6 Å². The van der Waals surface area contributed by atoms with Crippen LogP contribution in [-0.4, -0.2) is 21.6 Å². The predicted octanol–water partition coefficient (Wildman–Crippen LogP) is 3.61. The van der Waals surface area contributed by atoms with Gasteiger partial charge in [-0.25, -0.2) is 4.79 Å². The molecule has 3 aromatic rings. The second-order valence-electron chi connectivity index (χ2n) is 6.67. The van der Waals surface area contributed by atoms with Gasteiger partial charge in [-0.2, -0.15) is 0 Å². The monoisotopic (exact) mass is 398 g/mol. The number of carboxylic acids is 1. The molecule has 0 saturated carbocycles. The first kappa shape index (κ1) is 19.6. The lowest BCUT2D eigenvalue weighted by Gasteiger charge is -2.19. The maximum atomic E-state index is 13.1. The Balaban J connectivity index is 2.37. The summed E-state index contributed by atoms with van der Waals surface area (Å²) in [6.45, 7) is 3.26. The Morgan fingerprint density at radius 2 is 1.82 bits per heavy atom. The summed E-state index contributed by atoms with van der Waals surface area (Å²) >= 11 is 6.12. The summed E-state index contributed by atoms with van der Waals surface area (Å²) in [5.74, 6) is -1.82. The van der Waals surface area contributed by atoms with Gasteiger partial charge in [0.1, 0.15) is 5.69 Å². The minimum Gasteiger partial charge on any atom is -0.477 e.